The number of guanidine groups is 1. The largest absolute Gasteiger partial charge is 0.490 e. The average Bonchev–Trinajstić information content (AvgIpc) is 3.04. The Morgan fingerprint density at radius 3 is 2.82 bits per heavy atom. The lowest BCUT2D eigenvalue weighted by Gasteiger charge is -2.12. The first kappa shape index (κ1) is 16.6. The Bertz CT molecular complexity index is 587. The summed E-state index contributed by atoms with van der Waals surface area (Å²) in [7, 11) is 0. The van der Waals surface area contributed by atoms with Crippen LogP contribution in [0.15, 0.2) is 46.8 Å². The molecule has 0 saturated carbocycles. The van der Waals surface area contributed by atoms with Crippen molar-refractivity contribution in [1.82, 2.24) is 10.6 Å². The van der Waals surface area contributed by atoms with Crippen molar-refractivity contribution in [2.75, 3.05) is 19.7 Å². The summed E-state index contributed by atoms with van der Waals surface area (Å²) in [6.45, 7) is 4.72. The molecule has 118 valence electrons. The van der Waals surface area contributed by atoms with E-state index in [1.807, 2.05) is 37.3 Å². The molecule has 0 aliphatic heterocycles. The Labute approximate surface area is 140 Å². The lowest BCUT2D eigenvalue weighted by Crippen LogP contribution is -2.39. The highest BCUT2D eigenvalue weighted by atomic mass is 35.5. The van der Waals surface area contributed by atoms with Gasteiger partial charge in [0.15, 0.2) is 5.96 Å². The molecule has 0 spiro atoms. The number of ether oxygens (including phenoxy) is 1. The van der Waals surface area contributed by atoms with Crippen LogP contribution >= 0.6 is 22.9 Å². The molecule has 0 fully saturated rings. The maximum absolute atomic E-state index is 6.04. The zero-order valence-electron chi connectivity index (χ0n) is 12.5. The van der Waals surface area contributed by atoms with Gasteiger partial charge in [-0.15, -0.1) is 11.3 Å². The topological polar surface area (TPSA) is 45.7 Å². The molecule has 0 aliphatic rings. The Hall–Kier alpha value is -1.72. The van der Waals surface area contributed by atoms with Gasteiger partial charge in [0.1, 0.15) is 12.4 Å². The second kappa shape index (κ2) is 9.33. The normalized spacial score (nSPS) is 11.3. The van der Waals surface area contributed by atoms with Crippen molar-refractivity contribution in [3.63, 3.8) is 0 Å². The number of benzene rings is 1. The minimum absolute atomic E-state index is 0.521. The van der Waals surface area contributed by atoms with Gasteiger partial charge in [-0.25, -0.2) is 4.99 Å². The summed E-state index contributed by atoms with van der Waals surface area (Å²) < 4.78 is 5.64. The third kappa shape index (κ3) is 5.58. The van der Waals surface area contributed by atoms with Crippen molar-refractivity contribution in [1.29, 1.82) is 0 Å². The second-order valence-electron chi connectivity index (χ2n) is 4.48. The first-order valence-corrected chi connectivity index (χ1v) is 8.47. The number of nitrogens with one attached hydrogen (secondary N) is 2. The number of hydrogen-bond donors (Lipinski definition) is 2. The van der Waals surface area contributed by atoms with Gasteiger partial charge in [0.25, 0.3) is 0 Å². The minimum atomic E-state index is 0.521. The van der Waals surface area contributed by atoms with Gasteiger partial charge in [0.05, 0.1) is 18.1 Å². The first-order chi connectivity index (χ1) is 10.8. The molecule has 1 heterocycles. The standard InChI is InChI=1S/C16H20ClN3OS/c1-2-18-16(20-12-13-6-5-11-22-13)19-9-10-21-15-8-4-3-7-14(15)17/h3-8,11H,2,9-10,12H2,1H3,(H2,18,19,20). The van der Waals surface area contributed by atoms with E-state index in [1.54, 1.807) is 11.3 Å². The van der Waals surface area contributed by atoms with Crippen LogP contribution in [0.1, 0.15) is 11.8 Å². The molecular weight excluding hydrogens is 318 g/mol. The number of para-hydroxylation sites is 1. The number of nitrogens with zero attached hydrogens (tertiary/aromatic N) is 1. The number of rotatable bonds is 7. The van der Waals surface area contributed by atoms with E-state index in [2.05, 4.69) is 27.1 Å². The van der Waals surface area contributed by atoms with Crippen molar-refractivity contribution in [3.05, 3.63) is 51.7 Å². The molecule has 0 aliphatic carbocycles. The van der Waals surface area contributed by atoms with Crippen LogP contribution in [0.3, 0.4) is 0 Å². The fourth-order valence-corrected chi connectivity index (χ4v) is 2.61. The molecule has 0 atom stereocenters. The van der Waals surface area contributed by atoms with Crippen molar-refractivity contribution >= 4 is 28.9 Å². The van der Waals surface area contributed by atoms with Gasteiger partial charge in [-0.2, -0.15) is 0 Å². The van der Waals surface area contributed by atoms with E-state index >= 15 is 0 Å². The van der Waals surface area contributed by atoms with Gasteiger partial charge in [0.2, 0.25) is 0 Å². The van der Waals surface area contributed by atoms with Crippen LogP contribution in [0, 0.1) is 0 Å². The van der Waals surface area contributed by atoms with Crippen LogP contribution in [0.4, 0.5) is 0 Å². The van der Waals surface area contributed by atoms with Crippen LogP contribution in [0.2, 0.25) is 5.02 Å². The van der Waals surface area contributed by atoms with Gasteiger partial charge in [-0.3, -0.25) is 0 Å². The third-order valence-electron chi connectivity index (χ3n) is 2.81. The summed E-state index contributed by atoms with van der Waals surface area (Å²) >= 11 is 7.75. The van der Waals surface area contributed by atoms with Gasteiger partial charge in [-0.05, 0) is 30.5 Å². The fraction of sp³-hybridized carbons (Fsp3) is 0.312. The summed E-state index contributed by atoms with van der Waals surface area (Å²) in [5.41, 5.74) is 0. The quantitative estimate of drug-likeness (QED) is 0.461. The van der Waals surface area contributed by atoms with E-state index in [0.29, 0.717) is 30.5 Å². The van der Waals surface area contributed by atoms with Crippen LogP contribution in [-0.4, -0.2) is 25.7 Å². The molecule has 2 aromatic rings. The first-order valence-electron chi connectivity index (χ1n) is 7.21. The molecular formula is C16H20ClN3OS. The number of aliphatic imine (C=N–C) groups is 1. The van der Waals surface area contributed by atoms with Gasteiger partial charge >= 0.3 is 0 Å². The maximum atomic E-state index is 6.04. The van der Waals surface area contributed by atoms with E-state index in [0.717, 1.165) is 12.5 Å². The molecule has 2 N–H and O–H groups in total. The van der Waals surface area contributed by atoms with Crippen molar-refractivity contribution in [2.24, 2.45) is 4.99 Å². The molecule has 0 bridgehead atoms. The summed E-state index contributed by atoms with van der Waals surface area (Å²) in [6.07, 6.45) is 0. The minimum Gasteiger partial charge on any atom is -0.490 e. The number of thiophene rings is 1. The van der Waals surface area contributed by atoms with E-state index in [-0.39, 0.29) is 0 Å². The lowest BCUT2D eigenvalue weighted by molar-refractivity contribution is 0.322. The molecule has 6 heteroatoms. The van der Waals surface area contributed by atoms with Crippen LogP contribution in [0.25, 0.3) is 0 Å². The molecule has 0 saturated heterocycles. The number of hydrogen-bond acceptors (Lipinski definition) is 3. The van der Waals surface area contributed by atoms with E-state index in [1.165, 1.54) is 4.88 Å². The molecule has 1 aromatic carbocycles. The van der Waals surface area contributed by atoms with Crippen LogP contribution < -0.4 is 15.4 Å². The molecule has 22 heavy (non-hydrogen) atoms. The van der Waals surface area contributed by atoms with Gasteiger partial charge < -0.3 is 15.4 Å². The summed E-state index contributed by atoms with van der Waals surface area (Å²) in [6, 6.07) is 11.6. The van der Waals surface area contributed by atoms with Gasteiger partial charge in [-0.1, -0.05) is 29.8 Å². The summed E-state index contributed by atoms with van der Waals surface area (Å²) in [5.74, 6) is 1.49. The second-order valence-corrected chi connectivity index (χ2v) is 5.92. The highest BCUT2D eigenvalue weighted by molar-refractivity contribution is 7.09. The van der Waals surface area contributed by atoms with E-state index in [9.17, 15) is 0 Å². The Morgan fingerprint density at radius 2 is 2.09 bits per heavy atom. The maximum Gasteiger partial charge on any atom is 0.191 e. The molecule has 4 nitrogen and oxygen atoms in total. The average molecular weight is 338 g/mol. The van der Waals surface area contributed by atoms with E-state index < -0.39 is 0 Å². The van der Waals surface area contributed by atoms with Gasteiger partial charge in [0, 0.05) is 11.4 Å². The Kier molecular flexibility index (Phi) is 7.06. The predicted octanol–water partition coefficient (Wildman–Crippen LogP) is 3.54. The molecule has 1 aromatic heterocycles. The third-order valence-corrected chi connectivity index (χ3v) is 3.98. The molecule has 2 rings (SSSR count). The Morgan fingerprint density at radius 1 is 1.23 bits per heavy atom. The zero-order chi connectivity index (χ0) is 15.6. The lowest BCUT2D eigenvalue weighted by atomic mass is 10.3. The summed E-state index contributed by atoms with van der Waals surface area (Å²) in [5, 5.41) is 9.15. The smallest absolute Gasteiger partial charge is 0.191 e. The fourth-order valence-electron chi connectivity index (χ4n) is 1.79. The highest BCUT2D eigenvalue weighted by Gasteiger charge is 2.01. The van der Waals surface area contributed by atoms with Crippen LogP contribution in [-0.2, 0) is 6.54 Å². The summed E-state index contributed by atoms with van der Waals surface area (Å²) in [4.78, 5) is 5.78. The highest BCUT2D eigenvalue weighted by Crippen LogP contribution is 2.22. The number of halogens is 1. The zero-order valence-corrected chi connectivity index (χ0v) is 14.1. The predicted molar refractivity (Wildman–Crippen MR) is 94.1 cm³/mol. The molecule has 0 radical (unpaired) electrons. The Balaban J connectivity index is 1.77. The SMILES string of the molecule is CCNC(=NCc1cccs1)NCCOc1ccccc1Cl. The van der Waals surface area contributed by atoms with Crippen LogP contribution in [0.5, 0.6) is 5.75 Å². The van der Waals surface area contributed by atoms with E-state index in [4.69, 9.17) is 16.3 Å². The van der Waals surface area contributed by atoms with Crippen molar-refractivity contribution < 1.29 is 4.74 Å². The molecule has 0 amide bonds. The van der Waals surface area contributed by atoms with Crippen molar-refractivity contribution in [2.45, 2.75) is 13.5 Å². The monoisotopic (exact) mass is 337 g/mol. The molecule has 0 unspecified atom stereocenters. The van der Waals surface area contributed by atoms with Crippen molar-refractivity contribution in [3.8, 4) is 5.75 Å².